The topological polar surface area (TPSA) is 106 Å². The SMILES string of the molecule is CCN(CC)S(=O)(=O)N1CCO[C@H](c2cc(C(N)=O)c3ccccc3n2)C1. The number of hydrogen-bond donors (Lipinski definition) is 1. The van der Waals surface area contributed by atoms with Gasteiger partial charge in [0.2, 0.25) is 5.91 Å². The lowest BCUT2D eigenvalue weighted by Crippen LogP contribution is -2.49. The number of primary amides is 1. The van der Waals surface area contributed by atoms with Crippen LogP contribution in [0, 0.1) is 0 Å². The van der Waals surface area contributed by atoms with Crippen LogP contribution in [0.5, 0.6) is 0 Å². The van der Waals surface area contributed by atoms with Crippen molar-refractivity contribution in [3.8, 4) is 0 Å². The molecule has 1 aliphatic rings. The molecule has 1 aliphatic heterocycles. The van der Waals surface area contributed by atoms with Crippen molar-refractivity contribution >= 4 is 27.0 Å². The summed E-state index contributed by atoms with van der Waals surface area (Å²) in [6.45, 7) is 5.10. The van der Waals surface area contributed by atoms with Gasteiger partial charge in [-0.05, 0) is 12.1 Å². The molecule has 0 radical (unpaired) electrons. The molecule has 0 unspecified atom stereocenters. The van der Waals surface area contributed by atoms with Gasteiger partial charge in [-0.3, -0.25) is 4.79 Å². The van der Waals surface area contributed by atoms with Crippen molar-refractivity contribution < 1.29 is 17.9 Å². The fourth-order valence-corrected chi connectivity index (χ4v) is 4.90. The van der Waals surface area contributed by atoms with Crippen molar-refractivity contribution in [3.05, 3.63) is 41.6 Å². The molecule has 1 amide bonds. The lowest BCUT2D eigenvalue weighted by Gasteiger charge is -2.35. The summed E-state index contributed by atoms with van der Waals surface area (Å²) in [4.78, 5) is 16.5. The van der Waals surface area contributed by atoms with Crippen LogP contribution >= 0.6 is 0 Å². The lowest BCUT2D eigenvalue weighted by molar-refractivity contribution is -0.00644. The third-order valence-electron chi connectivity index (χ3n) is 4.72. The van der Waals surface area contributed by atoms with E-state index in [2.05, 4.69) is 4.98 Å². The molecule has 0 aliphatic carbocycles. The number of carbonyl (C=O) groups excluding carboxylic acids is 1. The highest BCUT2D eigenvalue weighted by Gasteiger charge is 2.34. The Hall–Kier alpha value is -2.07. The number of pyridine rings is 1. The first kappa shape index (κ1) is 19.7. The molecule has 146 valence electrons. The van der Waals surface area contributed by atoms with E-state index in [0.717, 1.165) is 0 Å². The Morgan fingerprint density at radius 1 is 1.33 bits per heavy atom. The summed E-state index contributed by atoms with van der Waals surface area (Å²) >= 11 is 0. The zero-order valence-electron chi connectivity index (χ0n) is 15.5. The fraction of sp³-hybridized carbons (Fsp3) is 0.444. The van der Waals surface area contributed by atoms with Gasteiger partial charge in [-0.15, -0.1) is 0 Å². The number of fused-ring (bicyclic) bond motifs is 1. The van der Waals surface area contributed by atoms with E-state index >= 15 is 0 Å². The van der Waals surface area contributed by atoms with Gasteiger partial charge >= 0.3 is 0 Å². The second kappa shape index (κ2) is 7.89. The molecule has 1 atom stereocenters. The molecule has 9 heteroatoms. The Balaban J connectivity index is 1.96. The number of morpholine rings is 1. The molecule has 1 aromatic carbocycles. The second-order valence-electron chi connectivity index (χ2n) is 6.29. The van der Waals surface area contributed by atoms with Gasteiger partial charge in [0.1, 0.15) is 6.10 Å². The van der Waals surface area contributed by atoms with E-state index in [1.54, 1.807) is 18.2 Å². The molecule has 2 aromatic rings. The Morgan fingerprint density at radius 2 is 2.04 bits per heavy atom. The molecule has 2 N–H and O–H groups in total. The van der Waals surface area contributed by atoms with Gasteiger partial charge in [0.15, 0.2) is 0 Å². The third-order valence-corrected chi connectivity index (χ3v) is 6.87. The van der Waals surface area contributed by atoms with Crippen LogP contribution in [0.4, 0.5) is 0 Å². The molecular formula is C18H24N4O4S. The van der Waals surface area contributed by atoms with Crippen molar-refractivity contribution in [2.24, 2.45) is 5.73 Å². The fourth-order valence-electron chi connectivity index (χ4n) is 3.29. The van der Waals surface area contributed by atoms with Gasteiger partial charge in [0.05, 0.1) is 23.4 Å². The maximum absolute atomic E-state index is 12.8. The van der Waals surface area contributed by atoms with Crippen molar-refractivity contribution in [2.45, 2.75) is 20.0 Å². The largest absolute Gasteiger partial charge is 0.369 e. The number of hydrogen-bond acceptors (Lipinski definition) is 5. The molecule has 0 spiro atoms. The van der Waals surface area contributed by atoms with Crippen LogP contribution in [0.15, 0.2) is 30.3 Å². The summed E-state index contributed by atoms with van der Waals surface area (Å²) in [5, 5.41) is 0.664. The van der Waals surface area contributed by atoms with Crippen molar-refractivity contribution in [1.29, 1.82) is 0 Å². The van der Waals surface area contributed by atoms with Crippen LogP contribution in [-0.4, -0.2) is 60.7 Å². The van der Waals surface area contributed by atoms with Gasteiger partial charge in [-0.2, -0.15) is 17.0 Å². The minimum absolute atomic E-state index is 0.141. The highest BCUT2D eigenvalue weighted by molar-refractivity contribution is 7.86. The first-order chi connectivity index (χ1) is 12.9. The zero-order chi connectivity index (χ0) is 19.6. The standard InChI is InChI=1S/C18H24N4O4S/c1-3-21(4-2)27(24,25)22-9-10-26-17(12-22)16-11-14(18(19)23)13-7-5-6-8-15(13)20-16/h5-8,11,17H,3-4,9-10,12H2,1-2H3,(H2,19,23)/t17-/m0/s1. The number of nitrogens with zero attached hydrogens (tertiary/aromatic N) is 3. The maximum atomic E-state index is 12.8. The summed E-state index contributed by atoms with van der Waals surface area (Å²) in [6.07, 6.45) is -0.563. The van der Waals surface area contributed by atoms with Gasteiger partial charge in [0.25, 0.3) is 10.2 Å². The normalized spacial score (nSPS) is 18.9. The number of benzene rings is 1. The van der Waals surface area contributed by atoms with Crippen LogP contribution in [0.2, 0.25) is 0 Å². The average Bonchev–Trinajstić information content (AvgIpc) is 2.67. The lowest BCUT2D eigenvalue weighted by atomic mass is 10.0. The Morgan fingerprint density at radius 3 is 2.70 bits per heavy atom. The molecule has 1 saturated heterocycles. The number of aromatic nitrogens is 1. The number of rotatable bonds is 6. The molecule has 27 heavy (non-hydrogen) atoms. The number of carbonyl (C=O) groups is 1. The highest BCUT2D eigenvalue weighted by Crippen LogP contribution is 2.27. The van der Waals surface area contributed by atoms with Crippen LogP contribution < -0.4 is 5.73 Å². The van der Waals surface area contributed by atoms with Crippen molar-refractivity contribution in [1.82, 2.24) is 13.6 Å². The summed E-state index contributed by atoms with van der Waals surface area (Å²) in [5.41, 5.74) is 7.00. The van der Waals surface area contributed by atoms with Crippen LogP contribution in [0.25, 0.3) is 10.9 Å². The molecule has 1 fully saturated rings. The number of amides is 1. The predicted molar refractivity (Wildman–Crippen MR) is 102 cm³/mol. The van der Waals surface area contributed by atoms with Gasteiger partial charge in [-0.1, -0.05) is 32.0 Å². The molecule has 1 aromatic heterocycles. The van der Waals surface area contributed by atoms with E-state index in [0.29, 0.717) is 35.2 Å². The van der Waals surface area contributed by atoms with Crippen molar-refractivity contribution in [3.63, 3.8) is 0 Å². The summed E-state index contributed by atoms with van der Waals surface area (Å²) in [7, 11) is -3.57. The Bertz CT molecular complexity index is 944. The van der Waals surface area contributed by atoms with Crippen molar-refractivity contribution in [2.75, 3.05) is 32.8 Å². The first-order valence-corrected chi connectivity index (χ1v) is 10.3. The average molecular weight is 392 g/mol. The molecule has 8 nitrogen and oxygen atoms in total. The van der Waals surface area contributed by atoms with Gasteiger partial charge in [-0.25, -0.2) is 4.98 Å². The van der Waals surface area contributed by atoms with Gasteiger partial charge in [0, 0.05) is 31.6 Å². The summed E-state index contributed by atoms with van der Waals surface area (Å²) < 4.78 is 34.2. The smallest absolute Gasteiger partial charge is 0.282 e. The Labute approximate surface area is 159 Å². The molecule has 2 heterocycles. The minimum Gasteiger partial charge on any atom is -0.369 e. The van der Waals surface area contributed by atoms with Crippen LogP contribution in [0.3, 0.4) is 0 Å². The predicted octanol–water partition coefficient (Wildman–Crippen LogP) is 1.29. The maximum Gasteiger partial charge on any atom is 0.282 e. The molecule has 0 saturated carbocycles. The number of nitrogens with two attached hydrogens (primary N) is 1. The molecule has 3 rings (SSSR count). The van der Waals surface area contributed by atoms with E-state index in [1.807, 2.05) is 26.0 Å². The van der Waals surface area contributed by atoms with Crippen LogP contribution in [-0.2, 0) is 14.9 Å². The first-order valence-electron chi connectivity index (χ1n) is 8.94. The van der Waals surface area contributed by atoms with Crippen LogP contribution in [0.1, 0.15) is 36.0 Å². The second-order valence-corrected chi connectivity index (χ2v) is 8.21. The Kier molecular flexibility index (Phi) is 5.75. The number of ether oxygens (including phenoxy) is 1. The zero-order valence-corrected chi connectivity index (χ0v) is 16.3. The summed E-state index contributed by atoms with van der Waals surface area (Å²) in [5.74, 6) is -0.557. The molecule has 0 bridgehead atoms. The highest BCUT2D eigenvalue weighted by atomic mass is 32.2. The molecular weight excluding hydrogens is 368 g/mol. The van der Waals surface area contributed by atoms with Gasteiger partial charge < -0.3 is 10.5 Å². The minimum atomic E-state index is -3.57. The number of para-hydroxylation sites is 1. The quantitative estimate of drug-likeness (QED) is 0.797. The van der Waals surface area contributed by atoms with E-state index in [9.17, 15) is 13.2 Å². The van der Waals surface area contributed by atoms with E-state index in [1.165, 1.54) is 8.61 Å². The third kappa shape index (κ3) is 3.81. The summed E-state index contributed by atoms with van der Waals surface area (Å²) in [6, 6.07) is 8.81. The van der Waals surface area contributed by atoms with E-state index in [4.69, 9.17) is 10.5 Å². The monoisotopic (exact) mass is 392 g/mol. The van der Waals surface area contributed by atoms with E-state index < -0.39 is 22.2 Å². The van der Waals surface area contributed by atoms with E-state index in [-0.39, 0.29) is 19.7 Å².